The van der Waals surface area contributed by atoms with Gasteiger partial charge in [0.1, 0.15) is 11.5 Å². The molecule has 34 heavy (non-hydrogen) atoms. The number of phenols is 6. The first kappa shape index (κ1) is 22.9. The largest absolute Gasteiger partial charge is 0.508 e. The third-order valence-electron chi connectivity index (χ3n) is 5.92. The van der Waals surface area contributed by atoms with E-state index in [2.05, 4.69) is 0 Å². The predicted molar refractivity (Wildman–Crippen MR) is 130 cm³/mol. The molecule has 174 valence electrons. The topological polar surface area (TPSA) is 121 Å². The van der Waals surface area contributed by atoms with Gasteiger partial charge in [0.25, 0.3) is 0 Å². The molecule has 0 saturated carbocycles. The Labute approximate surface area is 197 Å². The SMILES string of the molecule is Oc1ccc(CCc2ccc(O)c(O)c2)c(-c2cc(O)ccc2CCc2ccc(O)c(O)c2)c1. The first-order valence-corrected chi connectivity index (χ1v) is 11.0. The molecular formula is C28H26O6. The fourth-order valence-electron chi connectivity index (χ4n) is 4.07. The van der Waals surface area contributed by atoms with Crippen molar-refractivity contribution in [2.45, 2.75) is 25.7 Å². The Morgan fingerprint density at radius 3 is 1.18 bits per heavy atom. The van der Waals surface area contributed by atoms with Gasteiger partial charge in [-0.15, -0.1) is 0 Å². The summed E-state index contributed by atoms with van der Waals surface area (Å²) in [6.07, 6.45) is 2.43. The van der Waals surface area contributed by atoms with E-state index in [0.717, 1.165) is 33.4 Å². The van der Waals surface area contributed by atoms with Gasteiger partial charge in [-0.3, -0.25) is 0 Å². The maximum absolute atomic E-state index is 10.2. The van der Waals surface area contributed by atoms with Crippen molar-refractivity contribution in [2.75, 3.05) is 0 Å². The molecule has 0 fully saturated rings. The minimum absolute atomic E-state index is 0.110. The van der Waals surface area contributed by atoms with Crippen LogP contribution in [0.2, 0.25) is 0 Å². The first-order valence-electron chi connectivity index (χ1n) is 11.0. The molecule has 0 saturated heterocycles. The molecule has 4 rings (SSSR count). The molecule has 0 aromatic heterocycles. The molecule has 6 nitrogen and oxygen atoms in total. The Bertz CT molecular complexity index is 1230. The zero-order valence-electron chi connectivity index (χ0n) is 18.4. The smallest absolute Gasteiger partial charge is 0.157 e. The van der Waals surface area contributed by atoms with E-state index in [1.807, 2.05) is 12.1 Å². The van der Waals surface area contributed by atoms with Crippen LogP contribution in [0.3, 0.4) is 0 Å². The second kappa shape index (κ2) is 9.67. The zero-order valence-corrected chi connectivity index (χ0v) is 18.4. The van der Waals surface area contributed by atoms with Crippen molar-refractivity contribution in [1.82, 2.24) is 0 Å². The highest BCUT2D eigenvalue weighted by molar-refractivity contribution is 5.73. The summed E-state index contributed by atoms with van der Waals surface area (Å²) >= 11 is 0. The maximum Gasteiger partial charge on any atom is 0.157 e. The summed E-state index contributed by atoms with van der Waals surface area (Å²) < 4.78 is 0. The van der Waals surface area contributed by atoms with Crippen LogP contribution in [0.1, 0.15) is 22.3 Å². The Morgan fingerprint density at radius 2 is 0.794 bits per heavy atom. The maximum atomic E-state index is 10.2. The Morgan fingerprint density at radius 1 is 0.382 bits per heavy atom. The van der Waals surface area contributed by atoms with Gasteiger partial charge in [-0.2, -0.15) is 0 Å². The van der Waals surface area contributed by atoms with E-state index in [9.17, 15) is 30.6 Å². The fraction of sp³-hybridized carbons (Fsp3) is 0.143. The van der Waals surface area contributed by atoms with E-state index in [-0.39, 0.29) is 34.5 Å². The van der Waals surface area contributed by atoms with Crippen molar-refractivity contribution in [3.63, 3.8) is 0 Å². The molecule has 0 unspecified atom stereocenters. The van der Waals surface area contributed by atoms with Crippen molar-refractivity contribution in [2.24, 2.45) is 0 Å². The van der Waals surface area contributed by atoms with Crippen LogP contribution in [0, 0.1) is 0 Å². The van der Waals surface area contributed by atoms with Gasteiger partial charge in [0.15, 0.2) is 23.0 Å². The lowest BCUT2D eigenvalue weighted by molar-refractivity contribution is 0.403. The molecule has 0 amide bonds. The normalized spacial score (nSPS) is 10.9. The molecular weight excluding hydrogens is 432 g/mol. The van der Waals surface area contributed by atoms with Gasteiger partial charge < -0.3 is 30.6 Å². The highest BCUT2D eigenvalue weighted by Gasteiger charge is 2.13. The summed E-state index contributed by atoms with van der Waals surface area (Å²) in [6, 6.07) is 19.8. The van der Waals surface area contributed by atoms with Gasteiger partial charge in [0, 0.05) is 0 Å². The number of hydrogen-bond acceptors (Lipinski definition) is 6. The summed E-state index contributed by atoms with van der Waals surface area (Å²) in [5, 5.41) is 59.0. The average Bonchev–Trinajstić information content (AvgIpc) is 2.81. The molecule has 0 radical (unpaired) electrons. The number of aryl methyl sites for hydroxylation is 4. The monoisotopic (exact) mass is 458 g/mol. The molecule has 6 N–H and O–H groups in total. The third kappa shape index (κ3) is 5.18. The van der Waals surface area contributed by atoms with Gasteiger partial charge in [0.2, 0.25) is 0 Å². The summed E-state index contributed by atoms with van der Waals surface area (Å²) in [5.41, 5.74) is 5.22. The van der Waals surface area contributed by atoms with Gasteiger partial charge in [0.05, 0.1) is 0 Å². The number of benzene rings is 4. The van der Waals surface area contributed by atoms with E-state index in [4.69, 9.17) is 0 Å². The second-order valence-electron chi connectivity index (χ2n) is 8.33. The van der Waals surface area contributed by atoms with E-state index in [0.29, 0.717) is 25.7 Å². The van der Waals surface area contributed by atoms with Crippen molar-refractivity contribution in [1.29, 1.82) is 0 Å². The summed E-state index contributed by atoms with van der Waals surface area (Å²) in [6.45, 7) is 0. The fourth-order valence-corrected chi connectivity index (χ4v) is 4.07. The Hall–Kier alpha value is -4.32. The molecule has 0 heterocycles. The van der Waals surface area contributed by atoms with Gasteiger partial charge >= 0.3 is 0 Å². The molecule has 0 atom stereocenters. The van der Waals surface area contributed by atoms with Crippen LogP contribution in [0.25, 0.3) is 11.1 Å². The Balaban J connectivity index is 1.63. The van der Waals surface area contributed by atoms with Crippen LogP contribution >= 0.6 is 0 Å². The molecule has 0 spiro atoms. The quantitative estimate of drug-likeness (QED) is 0.213. The third-order valence-corrected chi connectivity index (χ3v) is 5.92. The second-order valence-corrected chi connectivity index (χ2v) is 8.33. The van der Waals surface area contributed by atoms with Gasteiger partial charge in [-0.1, -0.05) is 24.3 Å². The van der Waals surface area contributed by atoms with E-state index in [1.165, 1.54) is 24.3 Å². The molecule has 4 aromatic carbocycles. The predicted octanol–water partition coefficient (Wildman–Crippen LogP) is 5.16. The summed E-state index contributed by atoms with van der Waals surface area (Å²) in [4.78, 5) is 0. The minimum Gasteiger partial charge on any atom is -0.508 e. The molecule has 4 aromatic rings. The number of hydrogen-bond donors (Lipinski definition) is 6. The highest BCUT2D eigenvalue weighted by Crippen LogP contribution is 2.35. The van der Waals surface area contributed by atoms with E-state index in [1.54, 1.807) is 36.4 Å². The summed E-state index contributed by atoms with van der Waals surface area (Å²) in [5.74, 6) is -0.448. The van der Waals surface area contributed by atoms with Crippen molar-refractivity contribution >= 4 is 0 Å². The van der Waals surface area contributed by atoms with Crippen LogP contribution in [0.5, 0.6) is 34.5 Å². The first-order chi connectivity index (χ1) is 16.3. The molecule has 0 aliphatic heterocycles. The molecule has 6 heteroatoms. The van der Waals surface area contributed by atoms with Crippen LogP contribution in [-0.2, 0) is 25.7 Å². The zero-order chi connectivity index (χ0) is 24.2. The lowest BCUT2D eigenvalue weighted by atomic mass is 9.90. The summed E-state index contributed by atoms with van der Waals surface area (Å²) in [7, 11) is 0. The van der Waals surface area contributed by atoms with Gasteiger partial charge in [-0.05, 0) is 108 Å². The van der Waals surface area contributed by atoms with Crippen molar-refractivity contribution in [3.05, 3.63) is 95.1 Å². The lowest BCUT2D eigenvalue weighted by Gasteiger charge is -2.16. The van der Waals surface area contributed by atoms with Crippen LogP contribution < -0.4 is 0 Å². The van der Waals surface area contributed by atoms with Crippen LogP contribution in [0.15, 0.2) is 72.8 Å². The van der Waals surface area contributed by atoms with Crippen molar-refractivity contribution in [3.8, 4) is 45.6 Å². The van der Waals surface area contributed by atoms with E-state index >= 15 is 0 Å². The Kier molecular flexibility index (Phi) is 6.50. The van der Waals surface area contributed by atoms with Gasteiger partial charge in [-0.25, -0.2) is 0 Å². The lowest BCUT2D eigenvalue weighted by Crippen LogP contribution is -1.99. The average molecular weight is 459 g/mol. The van der Waals surface area contributed by atoms with Crippen LogP contribution in [0.4, 0.5) is 0 Å². The van der Waals surface area contributed by atoms with E-state index < -0.39 is 0 Å². The van der Waals surface area contributed by atoms with Crippen LogP contribution in [-0.4, -0.2) is 30.6 Å². The molecule has 0 bridgehead atoms. The number of phenolic OH excluding ortho intramolecular Hbond substituents is 6. The molecule has 0 aliphatic carbocycles. The van der Waals surface area contributed by atoms with Crippen molar-refractivity contribution < 1.29 is 30.6 Å². The number of aromatic hydroxyl groups is 6. The standard InChI is InChI=1S/C28H26O6/c29-21-9-7-19(5-1-17-3-11-25(31)27(33)13-17)23(15-21)24-16-22(30)10-8-20(24)6-2-18-4-12-26(32)28(34)14-18/h3-4,7-16,29-34H,1-2,5-6H2. The number of rotatable bonds is 7. The molecule has 0 aliphatic rings. The highest BCUT2D eigenvalue weighted by atomic mass is 16.3. The minimum atomic E-state index is -0.168.